The molecule has 0 amide bonds. The van der Waals surface area contributed by atoms with Crippen LogP contribution in [-0.2, 0) is 4.79 Å². The Morgan fingerprint density at radius 3 is 2.21 bits per heavy atom. The number of ketones is 1. The number of carbonyl (C=O) groups excluding carboxylic acids is 1. The molecule has 0 aromatic rings. The summed E-state index contributed by atoms with van der Waals surface area (Å²) in [4.78, 5) is 11.6. The molecular weight excluding hydrogens is 172 g/mol. The van der Waals surface area contributed by atoms with Crippen LogP contribution >= 0.6 is 0 Å². The van der Waals surface area contributed by atoms with Crippen molar-refractivity contribution in [3.8, 4) is 0 Å². The summed E-state index contributed by atoms with van der Waals surface area (Å²) in [6.45, 7) is 11.0. The van der Waals surface area contributed by atoms with Gasteiger partial charge in [-0.3, -0.25) is 4.79 Å². The van der Waals surface area contributed by atoms with Gasteiger partial charge in [0.2, 0.25) is 0 Å². The predicted molar refractivity (Wildman–Crippen MR) is 62.4 cm³/mol. The quantitative estimate of drug-likeness (QED) is 0.599. The van der Waals surface area contributed by atoms with Crippen molar-refractivity contribution in [1.82, 2.24) is 0 Å². The maximum atomic E-state index is 11.6. The van der Waals surface area contributed by atoms with Crippen molar-refractivity contribution in [2.45, 2.75) is 66.7 Å². The fraction of sp³-hybridized carbons (Fsp3) is 0.923. The molecule has 14 heavy (non-hydrogen) atoms. The minimum absolute atomic E-state index is 0.237. The zero-order valence-electron chi connectivity index (χ0n) is 10.5. The largest absolute Gasteiger partial charge is 0.300 e. The highest BCUT2D eigenvalue weighted by Gasteiger charge is 2.25. The number of hydrogen-bond acceptors (Lipinski definition) is 1. The van der Waals surface area contributed by atoms with Crippen LogP contribution in [0.15, 0.2) is 0 Å². The van der Waals surface area contributed by atoms with Gasteiger partial charge in [-0.25, -0.2) is 0 Å². The first-order valence-electron chi connectivity index (χ1n) is 5.95. The van der Waals surface area contributed by atoms with E-state index in [0.717, 1.165) is 25.7 Å². The Hall–Kier alpha value is -0.330. The molecule has 0 radical (unpaired) electrons. The summed E-state index contributed by atoms with van der Waals surface area (Å²) in [7, 11) is 0. The summed E-state index contributed by atoms with van der Waals surface area (Å²) in [6, 6.07) is 0. The van der Waals surface area contributed by atoms with Crippen molar-refractivity contribution >= 4 is 5.78 Å². The SMILES string of the molecule is CCCC(=O)CC(C)(CC)CC(C)C. The van der Waals surface area contributed by atoms with E-state index in [1.165, 1.54) is 6.42 Å². The van der Waals surface area contributed by atoms with Gasteiger partial charge in [-0.1, -0.05) is 41.0 Å². The molecule has 0 aromatic heterocycles. The van der Waals surface area contributed by atoms with Crippen LogP contribution in [0, 0.1) is 11.3 Å². The first-order valence-corrected chi connectivity index (χ1v) is 5.95. The molecule has 0 fully saturated rings. The Morgan fingerprint density at radius 1 is 1.29 bits per heavy atom. The van der Waals surface area contributed by atoms with E-state index >= 15 is 0 Å². The van der Waals surface area contributed by atoms with Gasteiger partial charge in [0.05, 0.1) is 0 Å². The molecule has 0 aromatic carbocycles. The molecule has 84 valence electrons. The summed E-state index contributed by atoms with van der Waals surface area (Å²) >= 11 is 0. The number of rotatable bonds is 7. The third-order valence-electron chi connectivity index (χ3n) is 2.91. The van der Waals surface area contributed by atoms with Crippen molar-refractivity contribution in [1.29, 1.82) is 0 Å². The summed E-state index contributed by atoms with van der Waals surface area (Å²) < 4.78 is 0. The van der Waals surface area contributed by atoms with Crippen LogP contribution in [0.1, 0.15) is 66.7 Å². The van der Waals surface area contributed by atoms with Crippen LogP contribution in [0.25, 0.3) is 0 Å². The third-order valence-corrected chi connectivity index (χ3v) is 2.91. The second kappa shape index (κ2) is 6.21. The highest BCUT2D eigenvalue weighted by molar-refractivity contribution is 5.78. The second-order valence-electron chi connectivity index (χ2n) is 5.23. The van der Waals surface area contributed by atoms with Gasteiger partial charge < -0.3 is 0 Å². The first kappa shape index (κ1) is 13.7. The summed E-state index contributed by atoms with van der Waals surface area (Å²) in [6.07, 6.45) is 4.79. The first-order chi connectivity index (χ1) is 6.43. The van der Waals surface area contributed by atoms with Gasteiger partial charge in [-0.05, 0) is 24.2 Å². The summed E-state index contributed by atoms with van der Waals surface area (Å²) in [5.41, 5.74) is 0.237. The van der Waals surface area contributed by atoms with Gasteiger partial charge in [-0.2, -0.15) is 0 Å². The lowest BCUT2D eigenvalue weighted by Crippen LogP contribution is -2.22. The van der Waals surface area contributed by atoms with E-state index in [1.807, 2.05) is 0 Å². The van der Waals surface area contributed by atoms with Crippen LogP contribution in [0.5, 0.6) is 0 Å². The normalized spacial score (nSPS) is 15.6. The maximum Gasteiger partial charge on any atom is 0.133 e. The van der Waals surface area contributed by atoms with Crippen LogP contribution in [0.3, 0.4) is 0 Å². The number of Topliss-reactive ketones (excluding diaryl/α,β-unsaturated/α-hetero) is 1. The van der Waals surface area contributed by atoms with Crippen LogP contribution < -0.4 is 0 Å². The Balaban J connectivity index is 4.17. The van der Waals surface area contributed by atoms with Gasteiger partial charge in [-0.15, -0.1) is 0 Å². The Labute approximate surface area is 89.3 Å². The number of hydrogen-bond donors (Lipinski definition) is 0. The smallest absolute Gasteiger partial charge is 0.133 e. The lowest BCUT2D eigenvalue weighted by atomic mass is 9.75. The Morgan fingerprint density at radius 2 is 1.86 bits per heavy atom. The molecule has 0 saturated heterocycles. The minimum atomic E-state index is 0.237. The van der Waals surface area contributed by atoms with E-state index in [-0.39, 0.29) is 5.41 Å². The molecule has 0 rings (SSSR count). The molecule has 0 N–H and O–H groups in total. The average molecular weight is 198 g/mol. The van der Waals surface area contributed by atoms with E-state index in [1.54, 1.807) is 0 Å². The molecule has 1 atom stereocenters. The predicted octanol–water partition coefficient (Wildman–Crippen LogP) is 4.21. The monoisotopic (exact) mass is 198 g/mol. The molecule has 0 heterocycles. The lowest BCUT2D eigenvalue weighted by molar-refractivity contribution is -0.121. The van der Waals surface area contributed by atoms with Crippen LogP contribution in [0.2, 0.25) is 0 Å². The van der Waals surface area contributed by atoms with Gasteiger partial charge in [0.1, 0.15) is 5.78 Å². The molecule has 1 unspecified atom stereocenters. The molecule has 1 heteroatoms. The summed E-state index contributed by atoms with van der Waals surface area (Å²) in [5.74, 6) is 1.13. The van der Waals surface area contributed by atoms with E-state index in [4.69, 9.17) is 0 Å². The van der Waals surface area contributed by atoms with E-state index < -0.39 is 0 Å². The summed E-state index contributed by atoms with van der Waals surface area (Å²) in [5, 5.41) is 0. The average Bonchev–Trinajstić information content (AvgIpc) is 2.02. The third kappa shape index (κ3) is 5.41. The molecular formula is C13H26O. The standard InChI is InChI=1S/C13H26O/c1-6-8-12(14)10-13(5,7-2)9-11(3)4/h11H,6-10H2,1-5H3. The molecule has 0 aliphatic carbocycles. The molecule has 0 saturated carbocycles. The van der Waals surface area contributed by atoms with Crippen molar-refractivity contribution in [3.63, 3.8) is 0 Å². The fourth-order valence-corrected chi connectivity index (χ4v) is 2.17. The van der Waals surface area contributed by atoms with Gasteiger partial charge in [0.25, 0.3) is 0 Å². The molecule has 0 aliphatic heterocycles. The molecule has 1 nitrogen and oxygen atoms in total. The Kier molecular flexibility index (Phi) is 6.06. The van der Waals surface area contributed by atoms with Crippen molar-refractivity contribution in [2.24, 2.45) is 11.3 Å². The fourth-order valence-electron chi connectivity index (χ4n) is 2.17. The van der Waals surface area contributed by atoms with Gasteiger partial charge in [0.15, 0.2) is 0 Å². The molecule has 0 bridgehead atoms. The van der Waals surface area contributed by atoms with Crippen LogP contribution in [0.4, 0.5) is 0 Å². The molecule has 0 spiro atoms. The van der Waals surface area contributed by atoms with E-state index in [0.29, 0.717) is 11.7 Å². The van der Waals surface area contributed by atoms with Crippen molar-refractivity contribution in [3.05, 3.63) is 0 Å². The molecule has 0 aliphatic rings. The van der Waals surface area contributed by atoms with Crippen molar-refractivity contribution < 1.29 is 4.79 Å². The maximum absolute atomic E-state index is 11.6. The van der Waals surface area contributed by atoms with E-state index in [9.17, 15) is 4.79 Å². The van der Waals surface area contributed by atoms with Crippen LogP contribution in [-0.4, -0.2) is 5.78 Å². The highest BCUT2D eigenvalue weighted by atomic mass is 16.1. The highest BCUT2D eigenvalue weighted by Crippen LogP contribution is 2.34. The zero-order valence-corrected chi connectivity index (χ0v) is 10.5. The van der Waals surface area contributed by atoms with Crippen molar-refractivity contribution in [2.75, 3.05) is 0 Å². The minimum Gasteiger partial charge on any atom is -0.300 e. The van der Waals surface area contributed by atoms with Gasteiger partial charge >= 0.3 is 0 Å². The number of carbonyl (C=O) groups is 1. The second-order valence-corrected chi connectivity index (χ2v) is 5.23. The zero-order chi connectivity index (χ0) is 11.2. The lowest BCUT2D eigenvalue weighted by Gasteiger charge is -2.29. The van der Waals surface area contributed by atoms with Gasteiger partial charge in [0, 0.05) is 12.8 Å². The topological polar surface area (TPSA) is 17.1 Å². The van der Waals surface area contributed by atoms with E-state index in [2.05, 4.69) is 34.6 Å². The Bertz CT molecular complexity index is 172.